The van der Waals surface area contributed by atoms with Gasteiger partial charge in [-0.25, -0.2) is 4.98 Å². The molecule has 2 rings (SSSR count). The summed E-state index contributed by atoms with van der Waals surface area (Å²) < 4.78 is 0. The molecule has 0 aliphatic rings. The molecule has 0 unspecified atom stereocenters. The van der Waals surface area contributed by atoms with Crippen LogP contribution in [0.15, 0.2) is 45.0 Å². The van der Waals surface area contributed by atoms with Crippen LogP contribution in [0.3, 0.4) is 0 Å². The van der Waals surface area contributed by atoms with Gasteiger partial charge in [0.15, 0.2) is 5.95 Å². The van der Waals surface area contributed by atoms with Gasteiger partial charge >= 0.3 is 0 Å². The average Bonchev–Trinajstić information content (AvgIpc) is 2.25. The van der Waals surface area contributed by atoms with Crippen molar-refractivity contribution in [2.24, 2.45) is 0 Å². The second-order valence-corrected chi connectivity index (χ2v) is 4.41. The lowest BCUT2D eigenvalue weighted by atomic mass is 10.2. The number of rotatable bonds is 2. The number of aromatic amines is 1. The molecule has 0 aliphatic heterocycles. The molecule has 0 saturated heterocycles. The lowest BCUT2D eigenvalue weighted by Gasteiger charge is -2.03. The van der Waals surface area contributed by atoms with Crippen LogP contribution in [0.5, 0.6) is 0 Å². The minimum atomic E-state index is -0.208. The van der Waals surface area contributed by atoms with Crippen molar-refractivity contribution in [2.45, 2.75) is 16.7 Å². The predicted octanol–water partition coefficient (Wildman–Crippen LogP) is 1.81. The van der Waals surface area contributed by atoms with Gasteiger partial charge in [-0.05, 0) is 18.6 Å². The van der Waals surface area contributed by atoms with Crippen molar-refractivity contribution in [2.75, 3.05) is 5.73 Å². The zero-order valence-corrected chi connectivity index (χ0v) is 9.54. The first-order valence-corrected chi connectivity index (χ1v) is 5.57. The van der Waals surface area contributed by atoms with Crippen LogP contribution in [0, 0.1) is 6.92 Å². The molecule has 0 amide bonds. The van der Waals surface area contributed by atoms with Gasteiger partial charge in [0, 0.05) is 4.90 Å². The number of nitrogens with one attached hydrogen (secondary N) is 1. The van der Waals surface area contributed by atoms with Crippen molar-refractivity contribution < 1.29 is 0 Å². The molecule has 0 saturated carbocycles. The Kier molecular flexibility index (Phi) is 2.96. The van der Waals surface area contributed by atoms with Gasteiger partial charge in [0.2, 0.25) is 0 Å². The van der Waals surface area contributed by atoms with Crippen molar-refractivity contribution in [3.05, 3.63) is 46.4 Å². The van der Waals surface area contributed by atoms with Crippen molar-refractivity contribution in [3.8, 4) is 0 Å². The molecule has 1 heterocycles. The van der Waals surface area contributed by atoms with Crippen molar-refractivity contribution in [3.63, 3.8) is 0 Å². The number of benzene rings is 1. The Morgan fingerprint density at radius 1 is 1.31 bits per heavy atom. The number of nitrogens with two attached hydrogens (primary N) is 1. The summed E-state index contributed by atoms with van der Waals surface area (Å²) in [6.07, 6.45) is 1.49. The molecule has 1 aromatic carbocycles. The molecule has 16 heavy (non-hydrogen) atoms. The monoisotopic (exact) mass is 233 g/mol. The number of H-pyrrole nitrogens is 1. The summed E-state index contributed by atoms with van der Waals surface area (Å²) in [6, 6.07) is 7.87. The molecule has 5 heteroatoms. The number of hydrogen-bond donors (Lipinski definition) is 2. The van der Waals surface area contributed by atoms with E-state index in [-0.39, 0.29) is 11.5 Å². The summed E-state index contributed by atoms with van der Waals surface area (Å²) in [5.41, 5.74) is 6.30. The Balaban J connectivity index is 2.35. The zero-order valence-electron chi connectivity index (χ0n) is 8.73. The number of hydrogen-bond acceptors (Lipinski definition) is 4. The summed E-state index contributed by atoms with van der Waals surface area (Å²) in [4.78, 5) is 19.5. The van der Waals surface area contributed by atoms with Crippen molar-refractivity contribution >= 4 is 17.7 Å². The molecule has 4 nitrogen and oxygen atoms in total. The summed E-state index contributed by atoms with van der Waals surface area (Å²) >= 11 is 1.39. The highest BCUT2D eigenvalue weighted by Crippen LogP contribution is 2.27. The first-order chi connectivity index (χ1) is 7.66. The quantitative estimate of drug-likeness (QED) is 0.829. The Labute approximate surface area is 96.9 Å². The first kappa shape index (κ1) is 10.8. The Hall–Kier alpha value is -1.75. The van der Waals surface area contributed by atoms with Crippen LogP contribution in [0.1, 0.15) is 5.56 Å². The molecule has 0 spiro atoms. The third-order valence-corrected chi connectivity index (χ3v) is 3.29. The van der Waals surface area contributed by atoms with Gasteiger partial charge in [-0.15, -0.1) is 0 Å². The maximum absolute atomic E-state index is 11.6. The molecule has 0 radical (unpaired) electrons. The van der Waals surface area contributed by atoms with E-state index in [1.165, 1.54) is 18.0 Å². The Morgan fingerprint density at radius 3 is 2.75 bits per heavy atom. The van der Waals surface area contributed by atoms with Crippen molar-refractivity contribution in [1.29, 1.82) is 0 Å². The number of aromatic nitrogens is 2. The standard InChI is InChI=1S/C11H11N3OS/c1-7-4-2-3-5-8(7)16-9-6-13-11(12)14-10(9)15/h2-6H,1H3,(H3,12,13,14,15). The summed E-state index contributed by atoms with van der Waals surface area (Å²) in [5.74, 6) is 0.138. The minimum Gasteiger partial charge on any atom is -0.369 e. The summed E-state index contributed by atoms with van der Waals surface area (Å²) in [5, 5.41) is 0. The van der Waals surface area contributed by atoms with E-state index < -0.39 is 0 Å². The fraction of sp³-hybridized carbons (Fsp3) is 0.0909. The third-order valence-electron chi connectivity index (χ3n) is 2.10. The van der Waals surface area contributed by atoms with Gasteiger partial charge in [-0.2, -0.15) is 0 Å². The Morgan fingerprint density at radius 2 is 2.06 bits per heavy atom. The van der Waals surface area contributed by atoms with Crippen molar-refractivity contribution in [1.82, 2.24) is 9.97 Å². The predicted molar refractivity (Wildman–Crippen MR) is 64.6 cm³/mol. The van der Waals surface area contributed by atoms with Gasteiger partial charge in [-0.1, -0.05) is 30.0 Å². The average molecular weight is 233 g/mol. The highest BCUT2D eigenvalue weighted by atomic mass is 32.2. The molecule has 0 bridgehead atoms. The molecule has 82 valence electrons. The van der Waals surface area contributed by atoms with Crippen LogP contribution in [0.2, 0.25) is 0 Å². The molecule has 0 atom stereocenters. The highest BCUT2D eigenvalue weighted by Gasteiger charge is 2.05. The molecule has 0 aliphatic carbocycles. The molecular formula is C11H11N3OS. The topological polar surface area (TPSA) is 71.8 Å². The van der Waals surface area contributed by atoms with E-state index in [0.717, 1.165) is 10.5 Å². The molecule has 1 aromatic heterocycles. The van der Waals surface area contributed by atoms with E-state index in [2.05, 4.69) is 9.97 Å². The van der Waals surface area contributed by atoms with E-state index in [1.54, 1.807) is 0 Å². The second kappa shape index (κ2) is 4.40. The summed E-state index contributed by atoms with van der Waals surface area (Å²) in [7, 11) is 0. The van der Waals surface area contributed by atoms with Gasteiger partial charge in [0.05, 0.1) is 11.1 Å². The molecule has 3 N–H and O–H groups in total. The van der Waals surface area contributed by atoms with Gasteiger partial charge in [0.25, 0.3) is 5.56 Å². The highest BCUT2D eigenvalue weighted by molar-refractivity contribution is 7.99. The second-order valence-electron chi connectivity index (χ2n) is 3.33. The lowest BCUT2D eigenvalue weighted by molar-refractivity contribution is 1.05. The maximum Gasteiger partial charge on any atom is 0.266 e. The summed E-state index contributed by atoms with van der Waals surface area (Å²) in [6.45, 7) is 2.00. The van der Waals surface area contributed by atoms with Crippen LogP contribution in [0.25, 0.3) is 0 Å². The van der Waals surface area contributed by atoms with Crippen LogP contribution in [0.4, 0.5) is 5.95 Å². The normalized spacial score (nSPS) is 10.3. The third kappa shape index (κ3) is 2.25. The fourth-order valence-corrected chi connectivity index (χ4v) is 2.12. The Bertz CT molecular complexity index is 565. The van der Waals surface area contributed by atoms with E-state index in [0.29, 0.717) is 4.90 Å². The lowest BCUT2D eigenvalue weighted by Crippen LogP contribution is -2.12. The number of anilines is 1. The maximum atomic E-state index is 11.6. The van der Waals surface area contributed by atoms with Crippen LogP contribution < -0.4 is 11.3 Å². The molecular weight excluding hydrogens is 222 g/mol. The van der Waals surface area contributed by atoms with Crippen LogP contribution >= 0.6 is 11.8 Å². The van der Waals surface area contributed by atoms with E-state index >= 15 is 0 Å². The van der Waals surface area contributed by atoms with Crippen LogP contribution in [-0.4, -0.2) is 9.97 Å². The zero-order chi connectivity index (χ0) is 11.5. The smallest absolute Gasteiger partial charge is 0.266 e. The van der Waals surface area contributed by atoms with Gasteiger partial charge in [0.1, 0.15) is 0 Å². The van der Waals surface area contributed by atoms with E-state index in [4.69, 9.17) is 5.73 Å². The van der Waals surface area contributed by atoms with Gasteiger partial charge in [-0.3, -0.25) is 9.78 Å². The fourth-order valence-electron chi connectivity index (χ4n) is 1.26. The first-order valence-electron chi connectivity index (χ1n) is 4.75. The van der Waals surface area contributed by atoms with E-state index in [9.17, 15) is 4.79 Å². The minimum absolute atomic E-state index is 0.138. The molecule has 2 aromatic rings. The SMILES string of the molecule is Cc1ccccc1Sc1cnc(N)[nH]c1=O. The number of nitrogen functional groups attached to an aromatic ring is 1. The largest absolute Gasteiger partial charge is 0.369 e. The van der Waals surface area contributed by atoms with E-state index in [1.807, 2.05) is 31.2 Å². The molecule has 0 fully saturated rings. The van der Waals surface area contributed by atoms with Crippen LogP contribution in [-0.2, 0) is 0 Å². The number of nitrogens with zero attached hydrogens (tertiary/aromatic N) is 1. The van der Waals surface area contributed by atoms with Gasteiger partial charge < -0.3 is 5.73 Å². The number of aryl methyl sites for hydroxylation is 1.